The zero-order valence-electron chi connectivity index (χ0n) is 11.4. The molecule has 0 radical (unpaired) electrons. The van der Waals surface area contributed by atoms with E-state index in [2.05, 4.69) is 26.1 Å². The van der Waals surface area contributed by atoms with Crippen molar-refractivity contribution in [1.29, 1.82) is 0 Å². The Kier molecular flexibility index (Phi) is 5.07. The molecule has 1 aliphatic heterocycles. The minimum Gasteiger partial charge on any atom is -0.354 e. The van der Waals surface area contributed by atoms with Gasteiger partial charge in [-0.15, -0.1) is 0 Å². The van der Waals surface area contributed by atoms with Crippen molar-refractivity contribution >= 4 is 21.8 Å². The van der Waals surface area contributed by atoms with E-state index in [4.69, 9.17) is 0 Å². The van der Waals surface area contributed by atoms with Gasteiger partial charge in [0.1, 0.15) is 0 Å². The molecular weight excluding hydrogens is 292 g/mol. The van der Waals surface area contributed by atoms with Crippen molar-refractivity contribution in [1.82, 2.24) is 10.2 Å². The summed E-state index contributed by atoms with van der Waals surface area (Å²) in [6.07, 6.45) is 7.77. The molecule has 2 rings (SSSR count). The van der Waals surface area contributed by atoms with E-state index in [1.54, 1.807) is 6.92 Å². The Bertz CT molecular complexity index is 282. The first-order chi connectivity index (χ1) is 8.63. The summed E-state index contributed by atoms with van der Waals surface area (Å²) in [6.45, 7) is 5.13. The minimum atomic E-state index is 0.112. The Balaban J connectivity index is 1.77. The smallest absolute Gasteiger partial charge is 0.217 e. The summed E-state index contributed by atoms with van der Waals surface area (Å²) in [5.41, 5.74) is 0.529. The van der Waals surface area contributed by atoms with Gasteiger partial charge in [0.25, 0.3) is 0 Å². The van der Waals surface area contributed by atoms with Crippen molar-refractivity contribution in [2.75, 3.05) is 25.0 Å². The quantitative estimate of drug-likeness (QED) is 0.808. The van der Waals surface area contributed by atoms with Gasteiger partial charge in [-0.05, 0) is 31.1 Å². The molecule has 0 unspecified atom stereocenters. The molecule has 0 aromatic heterocycles. The zero-order valence-corrected chi connectivity index (χ0v) is 13.0. The lowest BCUT2D eigenvalue weighted by Gasteiger charge is -2.38. The summed E-state index contributed by atoms with van der Waals surface area (Å²) in [7, 11) is 0. The first kappa shape index (κ1) is 14.3. The maximum Gasteiger partial charge on any atom is 0.217 e. The van der Waals surface area contributed by atoms with Crippen molar-refractivity contribution in [3.8, 4) is 0 Å². The highest BCUT2D eigenvalue weighted by atomic mass is 79.9. The second-order valence-electron chi connectivity index (χ2n) is 6.09. The van der Waals surface area contributed by atoms with Gasteiger partial charge < -0.3 is 10.2 Å². The van der Waals surface area contributed by atoms with Crippen LogP contribution < -0.4 is 5.32 Å². The summed E-state index contributed by atoms with van der Waals surface area (Å²) in [5, 5.41) is 4.19. The standard InChI is InChI=1S/C14H25BrN2O/c1-12(18)16-13-4-8-17(9-5-13)11-14(10-15)6-2-3-7-14/h13H,2-11H2,1H3,(H,16,18). The number of amides is 1. The minimum absolute atomic E-state index is 0.112. The van der Waals surface area contributed by atoms with Gasteiger partial charge in [0.05, 0.1) is 0 Å². The maximum atomic E-state index is 11.0. The average Bonchev–Trinajstić information content (AvgIpc) is 2.80. The summed E-state index contributed by atoms with van der Waals surface area (Å²) in [4.78, 5) is 13.6. The van der Waals surface area contributed by atoms with Crippen molar-refractivity contribution in [2.24, 2.45) is 5.41 Å². The van der Waals surface area contributed by atoms with E-state index in [-0.39, 0.29) is 5.91 Å². The van der Waals surface area contributed by atoms with Crippen LogP contribution in [-0.4, -0.2) is 41.8 Å². The molecule has 1 saturated carbocycles. The molecule has 0 spiro atoms. The van der Waals surface area contributed by atoms with Gasteiger partial charge >= 0.3 is 0 Å². The molecule has 0 aromatic rings. The van der Waals surface area contributed by atoms with Crippen LogP contribution >= 0.6 is 15.9 Å². The molecule has 1 saturated heterocycles. The van der Waals surface area contributed by atoms with Crippen molar-refractivity contribution < 1.29 is 4.79 Å². The lowest BCUT2D eigenvalue weighted by atomic mass is 9.87. The molecule has 3 nitrogen and oxygen atoms in total. The Morgan fingerprint density at radius 2 is 1.94 bits per heavy atom. The summed E-state index contributed by atoms with van der Waals surface area (Å²) < 4.78 is 0. The second-order valence-corrected chi connectivity index (χ2v) is 6.65. The third-order valence-electron chi connectivity index (χ3n) is 4.50. The molecule has 1 N–H and O–H groups in total. The normalized spacial score (nSPS) is 25.2. The summed E-state index contributed by atoms with van der Waals surface area (Å²) >= 11 is 3.72. The molecule has 1 amide bonds. The molecule has 0 aromatic carbocycles. The number of carbonyl (C=O) groups excluding carboxylic acids is 1. The van der Waals surface area contributed by atoms with Crippen molar-refractivity contribution in [2.45, 2.75) is 51.5 Å². The Hall–Kier alpha value is -0.0900. The predicted molar refractivity (Wildman–Crippen MR) is 78.0 cm³/mol. The Morgan fingerprint density at radius 3 is 2.44 bits per heavy atom. The van der Waals surface area contributed by atoms with Gasteiger partial charge in [0, 0.05) is 37.9 Å². The van der Waals surface area contributed by atoms with Crippen LogP contribution in [-0.2, 0) is 4.79 Å². The number of piperidine rings is 1. The number of alkyl halides is 1. The van der Waals surface area contributed by atoms with E-state index < -0.39 is 0 Å². The summed E-state index contributed by atoms with van der Waals surface area (Å²) in [6, 6.07) is 0.405. The molecule has 1 aliphatic carbocycles. The molecule has 104 valence electrons. The van der Waals surface area contributed by atoms with E-state index in [0.29, 0.717) is 11.5 Å². The van der Waals surface area contributed by atoms with Gasteiger partial charge in [-0.1, -0.05) is 28.8 Å². The van der Waals surface area contributed by atoms with Gasteiger partial charge in [0.15, 0.2) is 0 Å². The van der Waals surface area contributed by atoms with E-state index in [0.717, 1.165) is 31.3 Å². The lowest BCUT2D eigenvalue weighted by molar-refractivity contribution is -0.120. The van der Waals surface area contributed by atoms with E-state index in [1.165, 1.54) is 32.2 Å². The number of hydrogen-bond acceptors (Lipinski definition) is 2. The number of nitrogens with zero attached hydrogens (tertiary/aromatic N) is 1. The van der Waals surface area contributed by atoms with Gasteiger partial charge in [0.2, 0.25) is 5.91 Å². The summed E-state index contributed by atoms with van der Waals surface area (Å²) in [5.74, 6) is 0.112. The highest BCUT2D eigenvalue weighted by molar-refractivity contribution is 9.09. The number of nitrogens with one attached hydrogen (secondary N) is 1. The molecule has 1 heterocycles. The van der Waals surface area contributed by atoms with Gasteiger partial charge in [-0.2, -0.15) is 0 Å². The molecule has 2 aliphatic rings. The monoisotopic (exact) mass is 316 g/mol. The van der Waals surface area contributed by atoms with Gasteiger partial charge in [-0.3, -0.25) is 4.79 Å². The van der Waals surface area contributed by atoms with Crippen LogP contribution in [0.15, 0.2) is 0 Å². The molecular formula is C14H25BrN2O. The number of rotatable bonds is 4. The van der Waals surface area contributed by atoms with Crippen LogP contribution in [0.2, 0.25) is 0 Å². The van der Waals surface area contributed by atoms with Crippen LogP contribution in [0.25, 0.3) is 0 Å². The van der Waals surface area contributed by atoms with Crippen LogP contribution in [0.1, 0.15) is 45.4 Å². The van der Waals surface area contributed by atoms with E-state index >= 15 is 0 Å². The maximum absolute atomic E-state index is 11.0. The number of halogens is 1. The Labute approximate surface area is 119 Å². The fraction of sp³-hybridized carbons (Fsp3) is 0.929. The third-order valence-corrected chi connectivity index (χ3v) is 5.69. The van der Waals surface area contributed by atoms with E-state index in [1.807, 2.05) is 0 Å². The van der Waals surface area contributed by atoms with Crippen LogP contribution in [0.4, 0.5) is 0 Å². The molecule has 0 atom stereocenters. The van der Waals surface area contributed by atoms with E-state index in [9.17, 15) is 4.79 Å². The fourth-order valence-electron chi connectivity index (χ4n) is 3.46. The lowest BCUT2D eigenvalue weighted by Crippen LogP contribution is -2.47. The van der Waals surface area contributed by atoms with Crippen LogP contribution in [0.5, 0.6) is 0 Å². The predicted octanol–water partition coefficient (Wildman–Crippen LogP) is 2.54. The van der Waals surface area contributed by atoms with Gasteiger partial charge in [-0.25, -0.2) is 0 Å². The SMILES string of the molecule is CC(=O)NC1CCN(CC2(CBr)CCCC2)CC1. The third kappa shape index (κ3) is 3.70. The first-order valence-corrected chi connectivity index (χ1v) is 8.31. The molecule has 0 bridgehead atoms. The Morgan fingerprint density at radius 1 is 1.33 bits per heavy atom. The van der Waals surface area contributed by atoms with Crippen LogP contribution in [0.3, 0.4) is 0 Å². The molecule has 18 heavy (non-hydrogen) atoms. The largest absolute Gasteiger partial charge is 0.354 e. The molecule has 4 heteroatoms. The van der Waals surface area contributed by atoms with Crippen molar-refractivity contribution in [3.63, 3.8) is 0 Å². The fourth-order valence-corrected chi connectivity index (χ4v) is 4.19. The van der Waals surface area contributed by atoms with Crippen molar-refractivity contribution in [3.05, 3.63) is 0 Å². The zero-order chi connectivity index (χ0) is 13.0. The number of likely N-dealkylation sites (tertiary alicyclic amines) is 1. The highest BCUT2D eigenvalue weighted by Crippen LogP contribution is 2.40. The average molecular weight is 317 g/mol. The van der Waals surface area contributed by atoms with Crippen LogP contribution in [0, 0.1) is 5.41 Å². The molecule has 2 fully saturated rings. The highest BCUT2D eigenvalue weighted by Gasteiger charge is 2.35. The first-order valence-electron chi connectivity index (χ1n) is 7.19. The number of hydrogen-bond donors (Lipinski definition) is 1. The number of carbonyl (C=O) groups is 1. The second kappa shape index (κ2) is 6.38. The topological polar surface area (TPSA) is 32.3 Å².